The van der Waals surface area contributed by atoms with Crippen LogP contribution < -0.4 is 10.2 Å². The van der Waals surface area contributed by atoms with E-state index in [1.807, 2.05) is 30.9 Å². The van der Waals surface area contributed by atoms with Crippen LogP contribution in [0.4, 0.5) is 10.8 Å². The number of aromatic nitrogens is 2. The van der Waals surface area contributed by atoms with Gasteiger partial charge in [-0.25, -0.2) is 4.98 Å². The fourth-order valence-corrected chi connectivity index (χ4v) is 4.37. The Kier molecular flexibility index (Phi) is 5.40. The van der Waals surface area contributed by atoms with Gasteiger partial charge in [0.15, 0.2) is 5.13 Å². The first-order chi connectivity index (χ1) is 14.1. The van der Waals surface area contributed by atoms with E-state index in [0.29, 0.717) is 17.1 Å². The minimum Gasteiger partial charge on any atom is -0.312 e. The normalized spacial score (nSPS) is 12.7. The lowest BCUT2D eigenvalue weighted by Crippen LogP contribution is -2.28. The van der Waals surface area contributed by atoms with Crippen LogP contribution in [0.5, 0.6) is 0 Å². The van der Waals surface area contributed by atoms with Gasteiger partial charge in [-0.3, -0.25) is 19.9 Å². The molecule has 6 nitrogen and oxygen atoms in total. The molecule has 0 saturated carbocycles. The van der Waals surface area contributed by atoms with Crippen LogP contribution in [-0.4, -0.2) is 28.3 Å². The third kappa shape index (κ3) is 3.91. The standard InChI is InChI=1S/C22H22N4O2S/c1-3-5-19(27)26-11-9-15-12-16(7-8-18(15)26)20-14(2)29-22(24-20)25-21(28)17-6-4-10-23-13-17/h4,6-8,10,12-13H,3,5,9,11H2,1-2H3,(H,24,25,28). The van der Waals surface area contributed by atoms with Crippen molar-refractivity contribution < 1.29 is 9.59 Å². The van der Waals surface area contributed by atoms with Crippen LogP contribution in [0.3, 0.4) is 0 Å². The monoisotopic (exact) mass is 406 g/mol. The smallest absolute Gasteiger partial charge is 0.259 e. The van der Waals surface area contributed by atoms with Gasteiger partial charge in [-0.1, -0.05) is 13.0 Å². The Morgan fingerprint density at radius 1 is 1.28 bits per heavy atom. The number of benzene rings is 1. The van der Waals surface area contributed by atoms with Crippen LogP contribution in [0.2, 0.25) is 0 Å². The molecule has 3 aromatic rings. The van der Waals surface area contributed by atoms with Gasteiger partial charge in [0.05, 0.1) is 11.3 Å². The second kappa shape index (κ2) is 8.13. The number of carbonyl (C=O) groups excluding carboxylic acids is 2. The number of aryl methyl sites for hydroxylation is 1. The highest BCUT2D eigenvalue weighted by Crippen LogP contribution is 2.36. The van der Waals surface area contributed by atoms with Crippen LogP contribution in [-0.2, 0) is 11.2 Å². The average Bonchev–Trinajstić information content (AvgIpc) is 3.31. The zero-order chi connectivity index (χ0) is 20.4. The number of rotatable bonds is 5. The van der Waals surface area contributed by atoms with Crippen molar-refractivity contribution in [1.82, 2.24) is 9.97 Å². The summed E-state index contributed by atoms with van der Waals surface area (Å²) in [5, 5.41) is 3.41. The Morgan fingerprint density at radius 3 is 2.90 bits per heavy atom. The zero-order valence-electron chi connectivity index (χ0n) is 16.4. The third-order valence-corrected chi connectivity index (χ3v) is 5.84. The van der Waals surface area contributed by atoms with E-state index < -0.39 is 0 Å². The van der Waals surface area contributed by atoms with Crippen molar-refractivity contribution in [3.63, 3.8) is 0 Å². The molecule has 0 unspecified atom stereocenters. The molecule has 0 atom stereocenters. The fraction of sp³-hybridized carbons (Fsp3) is 0.273. The number of hydrogen-bond acceptors (Lipinski definition) is 5. The summed E-state index contributed by atoms with van der Waals surface area (Å²) in [6.45, 7) is 4.75. The summed E-state index contributed by atoms with van der Waals surface area (Å²) in [7, 11) is 0. The largest absolute Gasteiger partial charge is 0.312 e. The van der Waals surface area contributed by atoms with Crippen LogP contribution >= 0.6 is 11.3 Å². The number of hydrogen-bond donors (Lipinski definition) is 1. The lowest BCUT2D eigenvalue weighted by molar-refractivity contribution is -0.118. The van der Waals surface area contributed by atoms with Crippen molar-refractivity contribution in [1.29, 1.82) is 0 Å². The summed E-state index contributed by atoms with van der Waals surface area (Å²) in [6, 6.07) is 9.58. The molecule has 0 radical (unpaired) electrons. The molecular formula is C22H22N4O2S. The highest BCUT2D eigenvalue weighted by molar-refractivity contribution is 7.16. The van der Waals surface area contributed by atoms with E-state index in [0.717, 1.165) is 41.2 Å². The molecule has 29 heavy (non-hydrogen) atoms. The van der Waals surface area contributed by atoms with Crippen LogP contribution in [0.15, 0.2) is 42.7 Å². The van der Waals surface area contributed by atoms with Gasteiger partial charge in [-0.05, 0) is 49.6 Å². The van der Waals surface area contributed by atoms with Gasteiger partial charge in [0.1, 0.15) is 0 Å². The number of thiazole rings is 1. The molecule has 1 aromatic carbocycles. The number of nitrogens with zero attached hydrogens (tertiary/aromatic N) is 3. The molecule has 0 bridgehead atoms. The van der Waals surface area contributed by atoms with Gasteiger partial charge in [0.2, 0.25) is 5.91 Å². The highest BCUT2D eigenvalue weighted by Gasteiger charge is 2.25. The minimum atomic E-state index is -0.225. The highest BCUT2D eigenvalue weighted by atomic mass is 32.1. The summed E-state index contributed by atoms with van der Waals surface area (Å²) in [5.41, 5.74) is 4.53. The molecule has 148 valence electrons. The number of nitrogens with one attached hydrogen (secondary N) is 1. The topological polar surface area (TPSA) is 75.2 Å². The molecule has 2 aromatic heterocycles. The van der Waals surface area contributed by atoms with Gasteiger partial charge in [0.25, 0.3) is 5.91 Å². The molecule has 0 saturated heterocycles. The molecule has 4 rings (SSSR count). The molecule has 1 N–H and O–H groups in total. The number of fused-ring (bicyclic) bond motifs is 1. The second-order valence-corrected chi connectivity index (χ2v) is 8.21. The summed E-state index contributed by atoms with van der Waals surface area (Å²) in [5.74, 6) is -0.0401. The average molecular weight is 407 g/mol. The van der Waals surface area contributed by atoms with E-state index in [2.05, 4.69) is 21.4 Å². The second-order valence-electron chi connectivity index (χ2n) is 7.01. The lowest BCUT2D eigenvalue weighted by atomic mass is 10.1. The first-order valence-electron chi connectivity index (χ1n) is 9.69. The molecular weight excluding hydrogens is 384 g/mol. The molecule has 3 heterocycles. The van der Waals surface area contributed by atoms with Gasteiger partial charge in [-0.15, -0.1) is 11.3 Å². The third-order valence-electron chi connectivity index (χ3n) is 4.95. The fourth-order valence-electron chi connectivity index (χ4n) is 3.54. The number of pyridine rings is 1. The van der Waals surface area contributed by atoms with Crippen molar-refractivity contribution in [2.45, 2.75) is 33.1 Å². The number of anilines is 2. The summed E-state index contributed by atoms with van der Waals surface area (Å²) in [4.78, 5) is 36.2. The van der Waals surface area contributed by atoms with Crippen molar-refractivity contribution in [3.8, 4) is 11.3 Å². The molecule has 0 aliphatic carbocycles. The van der Waals surface area contributed by atoms with Crippen LogP contribution in [0, 0.1) is 6.92 Å². The molecule has 1 aliphatic heterocycles. The van der Waals surface area contributed by atoms with E-state index in [-0.39, 0.29) is 11.8 Å². The minimum absolute atomic E-state index is 0.184. The molecule has 7 heteroatoms. The first-order valence-corrected chi connectivity index (χ1v) is 10.5. The van der Waals surface area contributed by atoms with Crippen LogP contribution in [0.1, 0.15) is 40.6 Å². The van der Waals surface area contributed by atoms with Gasteiger partial charge in [-0.2, -0.15) is 0 Å². The number of carbonyl (C=O) groups is 2. The van der Waals surface area contributed by atoms with Crippen LogP contribution in [0.25, 0.3) is 11.3 Å². The summed E-state index contributed by atoms with van der Waals surface area (Å²) in [6.07, 6.45) is 5.45. The van der Waals surface area contributed by atoms with E-state index in [9.17, 15) is 9.59 Å². The van der Waals surface area contributed by atoms with Gasteiger partial charge in [0, 0.05) is 41.5 Å². The Balaban J connectivity index is 1.56. The summed E-state index contributed by atoms with van der Waals surface area (Å²) >= 11 is 1.45. The lowest BCUT2D eigenvalue weighted by Gasteiger charge is -2.17. The maximum Gasteiger partial charge on any atom is 0.259 e. The van der Waals surface area contributed by atoms with Crippen molar-refractivity contribution in [2.24, 2.45) is 0 Å². The molecule has 2 amide bonds. The van der Waals surface area contributed by atoms with Crippen molar-refractivity contribution in [3.05, 3.63) is 58.7 Å². The van der Waals surface area contributed by atoms with Gasteiger partial charge >= 0.3 is 0 Å². The quantitative estimate of drug-likeness (QED) is 0.679. The Bertz CT molecular complexity index is 1060. The molecule has 1 aliphatic rings. The van der Waals surface area contributed by atoms with E-state index in [1.54, 1.807) is 18.3 Å². The van der Waals surface area contributed by atoms with Crippen molar-refractivity contribution in [2.75, 3.05) is 16.8 Å². The maximum atomic E-state index is 12.4. The predicted octanol–water partition coefficient (Wildman–Crippen LogP) is 4.46. The van der Waals surface area contributed by atoms with E-state index in [4.69, 9.17) is 0 Å². The molecule has 0 spiro atoms. The Hall–Kier alpha value is -3.06. The Labute approximate surface area is 173 Å². The first kappa shape index (κ1) is 19.3. The zero-order valence-corrected chi connectivity index (χ0v) is 17.3. The van der Waals surface area contributed by atoms with Crippen molar-refractivity contribution >= 4 is 34.0 Å². The van der Waals surface area contributed by atoms with E-state index >= 15 is 0 Å². The number of amides is 2. The molecule has 0 fully saturated rings. The Morgan fingerprint density at radius 2 is 2.14 bits per heavy atom. The van der Waals surface area contributed by atoms with E-state index in [1.165, 1.54) is 23.1 Å². The maximum absolute atomic E-state index is 12.4. The van der Waals surface area contributed by atoms with Gasteiger partial charge < -0.3 is 4.90 Å². The SMILES string of the molecule is CCCC(=O)N1CCc2cc(-c3nc(NC(=O)c4cccnc4)sc3C)ccc21. The summed E-state index contributed by atoms with van der Waals surface area (Å²) < 4.78 is 0. The predicted molar refractivity (Wildman–Crippen MR) is 115 cm³/mol.